The molecule has 2 unspecified atom stereocenters. The molecule has 2 atom stereocenters. The number of anilines is 2. The largest absolute Gasteiger partial charge is 0.478 e. The number of nitrogens with one attached hydrogen (secondary N) is 2. The van der Waals surface area contributed by atoms with Crippen molar-refractivity contribution in [3.8, 4) is 0 Å². The highest BCUT2D eigenvalue weighted by atomic mass is 16.5. The van der Waals surface area contributed by atoms with Gasteiger partial charge in [-0.1, -0.05) is 36.4 Å². The standard InChI is InChI=1S/C34H34N2O8/c1-17-9-7-11-21(19(3)43-5)29(17)35-31(37)23-13-14-24(28-26(34(41)42)16-15-25(27(23)28)33(39)40)32(38)36-30-18(2)10-8-12-22(30)20(4)44-6/h7-16,19-20H,1-6H3,(H,35,37)(H,36,38)(H,39,40)(H,41,42). The maximum atomic E-state index is 13.9. The Kier molecular flexibility index (Phi) is 9.46. The third-order valence-corrected chi connectivity index (χ3v) is 7.78. The maximum Gasteiger partial charge on any atom is 0.336 e. The van der Waals surface area contributed by atoms with E-state index in [-0.39, 0.29) is 45.2 Å². The average Bonchev–Trinajstić information content (AvgIpc) is 3.00. The van der Waals surface area contributed by atoms with E-state index < -0.39 is 23.8 Å². The van der Waals surface area contributed by atoms with Gasteiger partial charge in [0.15, 0.2) is 0 Å². The molecule has 4 aromatic carbocycles. The van der Waals surface area contributed by atoms with Crippen molar-refractivity contribution >= 4 is 45.9 Å². The van der Waals surface area contributed by atoms with E-state index in [1.54, 1.807) is 12.1 Å². The summed E-state index contributed by atoms with van der Waals surface area (Å²) in [7, 11) is 3.08. The number of carboxylic acids is 2. The number of hydrogen-bond donors (Lipinski definition) is 4. The molecule has 4 N–H and O–H groups in total. The SMILES string of the molecule is COC(C)c1cccc(C)c1NC(=O)c1ccc(C(=O)Nc2c(C)cccc2C(C)OC)c2c(C(=O)O)ccc(C(=O)O)c12. The third-order valence-electron chi connectivity index (χ3n) is 7.78. The summed E-state index contributed by atoms with van der Waals surface area (Å²) in [5, 5.41) is 25.6. The monoisotopic (exact) mass is 598 g/mol. The fourth-order valence-corrected chi connectivity index (χ4v) is 5.25. The number of rotatable bonds is 10. The second-order valence-corrected chi connectivity index (χ2v) is 10.4. The van der Waals surface area contributed by atoms with Gasteiger partial charge in [0.25, 0.3) is 11.8 Å². The van der Waals surface area contributed by atoms with E-state index in [0.29, 0.717) is 22.5 Å². The minimum Gasteiger partial charge on any atom is -0.478 e. The van der Waals surface area contributed by atoms with Crippen LogP contribution >= 0.6 is 0 Å². The van der Waals surface area contributed by atoms with Gasteiger partial charge >= 0.3 is 11.9 Å². The predicted octanol–water partition coefficient (Wildman–Crippen LogP) is 6.77. The number of carbonyl (C=O) groups excluding carboxylic acids is 2. The number of benzene rings is 4. The second kappa shape index (κ2) is 13.1. The van der Waals surface area contributed by atoms with Crippen LogP contribution in [0, 0.1) is 13.8 Å². The molecule has 0 aliphatic heterocycles. The molecule has 4 rings (SSSR count). The van der Waals surface area contributed by atoms with Gasteiger partial charge in [0.1, 0.15) is 0 Å². The first-order valence-electron chi connectivity index (χ1n) is 13.8. The Morgan fingerprint density at radius 2 is 0.932 bits per heavy atom. The van der Waals surface area contributed by atoms with Gasteiger partial charge in [-0.15, -0.1) is 0 Å². The summed E-state index contributed by atoms with van der Waals surface area (Å²) < 4.78 is 10.9. The maximum absolute atomic E-state index is 13.9. The van der Waals surface area contributed by atoms with Crippen molar-refractivity contribution in [3.63, 3.8) is 0 Å². The van der Waals surface area contributed by atoms with Crippen LogP contribution in [-0.4, -0.2) is 48.2 Å². The zero-order valence-corrected chi connectivity index (χ0v) is 25.3. The van der Waals surface area contributed by atoms with E-state index in [1.807, 2.05) is 52.0 Å². The average molecular weight is 599 g/mol. The first-order chi connectivity index (χ1) is 20.9. The Hall–Kier alpha value is -5.06. The Balaban J connectivity index is 1.94. The fourth-order valence-electron chi connectivity index (χ4n) is 5.25. The van der Waals surface area contributed by atoms with Crippen molar-refractivity contribution in [2.24, 2.45) is 0 Å². The second-order valence-electron chi connectivity index (χ2n) is 10.4. The molecular weight excluding hydrogens is 564 g/mol. The molecule has 0 saturated carbocycles. The van der Waals surface area contributed by atoms with Crippen LogP contribution in [-0.2, 0) is 9.47 Å². The lowest BCUT2D eigenvalue weighted by Gasteiger charge is -2.20. The van der Waals surface area contributed by atoms with Crippen LogP contribution in [0.2, 0.25) is 0 Å². The summed E-state index contributed by atoms with van der Waals surface area (Å²) in [4.78, 5) is 52.6. The lowest BCUT2D eigenvalue weighted by atomic mass is 9.90. The molecule has 0 fully saturated rings. The highest BCUT2D eigenvalue weighted by Gasteiger charge is 2.27. The summed E-state index contributed by atoms with van der Waals surface area (Å²) in [5.74, 6) is -4.14. The zero-order chi connectivity index (χ0) is 32.3. The van der Waals surface area contributed by atoms with E-state index in [2.05, 4.69) is 10.6 Å². The van der Waals surface area contributed by atoms with Crippen molar-refractivity contribution < 1.29 is 38.9 Å². The Morgan fingerprint density at radius 3 is 1.25 bits per heavy atom. The molecule has 2 amide bonds. The normalized spacial score (nSPS) is 12.4. The quantitative estimate of drug-likeness (QED) is 0.156. The molecule has 0 radical (unpaired) electrons. The Morgan fingerprint density at radius 1 is 0.591 bits per heavy atom. The van der Waals surface area contributed by atoms with Crippen LogP contribution in [0.1, 0.15) is 89.7 Å². The van der Waals surface area contributed by atoms with Crippen LogP contribution < -0.4 is 10.6 Å². The molecule has 0 aliphatic carbocycles. The van der Waals surface area contributed by atoms with Gasteiger partial charge in [-0.3, -0.25) is 9.59 Å². The van der Waals surface area contributed by atoms with Gasteiger partial charge < -0.3 is 30.3 Å². The minimum absolute atomic E-state index is 0.110. The van der Waals surface area contributed by atoms with Crippen molar-refractivity contribution in [2.75, 3.05) is 24.9 Å². The number of aromatic carboxylic acids is 2. The first-order valence-corrected chi connectivity index (χ1v) is 13.8. The molecule has 10 nitrogen and oxygen atoms in total. The lowest BCUT2D eigenvalue weighted by molar-refractivity contribution is 0.0684. The summed E-state index contributed by atoms with van der Waals surface area (Å²) in [5.41, 5.74) is 2.96. The van der Waals surface area contributed by atoms with E-state index in [9.17, 15) is 29.4 Å². The summed E-state index contributed by atoms with van der Waals surface area (Å²) in [6.07, 6.45) is -0.734. The van der Waals surface area contributed by atoms with E-state index >= 15 is 0 Å². The topological polar surface area (TPSA) is 151 Å². The molecule has 0 aromatic heterocycles. The van der Waals surface area contributed by atoms with Gasteiger partial charge in [-0.05, 0) is 63.1 Å². The Bertz CT molecular complexity index is 1670. The van der Waals surface area contributed by atoms with Crippen LogP contribution in [0.3, 0.4) is 0 Å². The summed E-state index contributed by atoms with van der Waals surface area (Å²) >= 11 is 0. The highest BCUT2D eigenvalue weighted by molar-refractivity contribution is 6.26. The van der Waals surface area contributed by atoms with E-state index in [0.717, 1.165) is 23.3 Å². The Labute approximate surface area is 254 Å². The number of fused-ring (bicyclic) bond motifs is 1. The van der Waals surface area contributed by atoms with Crippen LogP contribution in [0.25, 0.3) is 10.8 Å². The molecular formula is C34H34N2O8. The van der Waals surface area contributed by atoms with Crippen LogP contribution in [0.4, 0.5) is 11.4 Å². The number of ether oxygens (including phenoxy) is 2. The van der Waals surface area contributed by atoms with Crippen molar-refractivity contribution in [1.82, 2.24) is 0 Å². The van der Waals surface area contributed by atoms with Crippen LogP contribution in [0.15, 0.2) is 60.7 Å². The van der Waals surface area contributed by atoms with Crippen molar-refractivity contribution in [1.29, 1.82) is 0 Å². The van der Waals surface area contributed by atoms with E-state index in [1.165, 1.54) is 26.4 Å². The van der Waals surface area contributed by atoms with Gasteiger partial charge in [-0.25, -0.2) is 9.59 Å². The fraction of sp³-hybridized carbons (Fsp3) is 0.235. The van der Waals surface area contributed by atoms with E-state index in [4.69, 9.17) is 9.47 Å². The number of carbonyl (C=O) groups is 4. The van der Waals surface area contributed by atoms with Crippen molar-refractivity contribution in [3.05, 3.63) is 105 Å². The highest BCUT2D eigenvalue weighted by Crippen LogP contribution is 2.35. The van der Waals surface area contributed by atoms with Gasteiger partial charge in [0, 0.05) is 58.6 Å². The van der Waals surface area contributed by atoms with Gasteiger partial charge in [0.05, 0.1) is 23.3 Å². The number of amides is 2. The molecule has 0 aliphatic rings. The molecule has 4 aromatic rings. The van der Waals surface area contributed by atoms with Crippen molar-refractivity contribution in [2.45, 2.75) is 39.9 Å². The first kappa shape index (κ1) is 31.9. The molecule has 10 heteroatoms. The molecule has 228 valence electrons. The summed E-state index contributed by atoms with van der Waals surface area (Å²) in [6, 6.07) is 15.8. The number of methoxy groups -OCH3 is 2. The summed E-state index contributed by atoms with van der Waals surface area (Å²) in [6.45, 7) is 7.26. The number of hydrogen-bond acceptors (Lipinski definition) is 6. The molecule has 0 heterocycles. The zero-order valence-electron chi connectivity index (χ0n) is 25.3. The van der Waals surface area contributed by atoms with Gasteiger partial charge in [-0.2, -0.15) is 0 Å². The molecule has 0 spiro atoms. The van der Waals surface area contributed by atoms with Gasteiger partial charge in [0.2, 0.25) is 0 Å². The molecule has 0 bridgehead atoms. The van der Waals surface area contributed by atoms with Crippen LogP contribution in [0.5, 0.6) is 0 Å². The molecule has 0 saturated heterocycles. The smallest absolute Gasteiger partial charge is 0.336 e. The number of para-hydroxylation sites is 2. The predicted molar refractivity (Wildman–Crippen MR) is 167 cm³/mol. The number of aryl methyl sites for hydroxylation is 2. The number of carboxylic acid groups (broad SMARTS) is 2. The minimum atomic E-state index is -1.39. The molecule has 44 heavy (non-hydrogen) atoms. The lowest BCUT2D eigenvalue weighted by Crippen LogP contribution is -2.20. The third kappa shape index (κ3) is 6.03.